The van der Waals surface area contributed by atoms with Gasteiger partial charge in [0.2, 0.25) is 0 Å². The highest BCUT2D eigenvalue weighted by molar-refractivity contribution is 5.95. The van der Waals surface area contributed by atoms with Gasteiger partial charge in [-0.25, -0.2) is 0 Å². The van der Waals surface area contributed by atoms with Crippen LogP contribution < -0.4 is 0 Å². The largest absolute Gasteiger partial charge is 0.508 e. The van der Waals surface area contributed by atoms with Crippen LogP contribution in [0.15, 0.2) is 60.9 Å². The van der Waals surface area contributed by atoms with Crippen molar-refractivity contribution in [2.75, 3.05) is 26.2 Å². The SMILES string of the molecule is Cc1ccc(CC2CN(CC#Cc3cccnc3)CCN2C(=O)c2cc(C(F)(F)F)cc(C(F)(F)F)c2)cc1O.Cl.Cl. The van der Waals surface area contributed by atoms with Crippen molar-refractivity contribution in [3.63, 3.8) is 0 Å². The van der Waals surface area contributed by atoms with Gasteiger partial charge >= 0.3 is 12.4 Å². The molecular formula is C29H27Cl2F6N3O2. The molecule has 226 valence electrons. The number of aromatic nitrogens is 1. The fourth-order valence-corrected chi connectivity index (χ4v) is 4.49. The molecule has 1 aliphatic heterocycles. The van der Waals surface area contributed by atoms with Crippen molar-refractivity contribution in [3.05, 3.63) is 94.3 Å². The summed E-state index contributed by atoms with van der Waals surface area (Å²) in [5.41, 5.74) is -1.77. The minimum Gasteiger partial charge on any atom is -0.508 e. The monoisotopic (exact) mass is 633 g/mol. The molecule has 1 saturated heterocycles. The van der Waals surface area contributed by atoms with E-state index in [-0.39, 0.29) is 56.1 Å². The Labute approximate surface area is 251 Å². The Morgan fingerprint density at radius 3 is 2.24 bits per heavy atom. The highest BCUT2D eigenvalue weighted by Gasteiger charge is 2.39. The molecule has 0 aliphatic carbocycles. The predicted molar refractivity (Wildman–Crippen MR) is 150 cm³/mol. The number of nitrogens with zero attached hydrogens (tertiary/aromatic N) is 3. The average molecular weight is 634 g/mol. The number of piperazine rings is 1. The van der Waals surface area contributed by atoms with Crippen LogP contribution in [-0.2, 0) is 18.8 Å². The Bertz CT molecular complexity index is 1410. The molecule has 0 saturated carbocycles. The number of aromatic hydroxyl groups is 1. The third kappa shape index (κ3) is 8.77. The lowest BCUT2D eigenvalue weighted by atomic mass is 9.98. The molecular weight excluding hydrogens is 607 g/mol. The Morgan fingerprint density at radius 2 is 1.67 bits per heavy atom. The van der Waals surface area contributed by atoms with E-state index in [9.17, 15) is 36.2 Å². The summed E-state index contributed by atoms with van der Waals surface area (Å²) in [5, 5.41) is 10.1. The van der Waals surface area contributed by atoms with Crippen molar-refractivity contribution >= 4 is 30.7 Å². The van der Waals surface area contributed by atoms with Crippen LogP contribution in [0.1, 0.15) is 38.2 Å². The molecule has 5 nitrogen and oxygen atoms in total. The van der Waals surface area contributed by atoms with Gasteiger partial charge in [0.25, 0.3) is 5.91 Å². The zero-order valence-corrected chi connectivity index (χ0v) is 23.8. The Morgan fingerprint density at radius 1 is 1.00 bits per heavy atom. The number of benzene rings is 2. The van der Waals surface area contributed by atoms with Crippen molar-refractivity contribution in [2.45, 2.75) is 31.7 Å². The van der Waals surface area contributed by atoms with Gasteiger partial charge in [0.1, 0.15) is 5.75 Å². The van der Waals surface area contributed by atoms with E-state index in [0.29, 0.717) is 41.9 Å². The topological polar surface area (TPSA) is 56.7 Å². The van der Waals surface area contributed by atoms with Crippen LogP contribution in [0.5, 0.6) is 5.75 Å². The van der Waals surface area contributed by atoms with Gasteiger partial charge in [-0.15, -0.1) is 24.8 Å². The van der Waals surface area contributed by atoms with Crippen LogP contribution in [0.3, 0.4) is 0 Å². The van der Waals surface area contributed by atoms with Gasteiger partial charge < -0.3 is 10.0 Å². The zero-order chi connectivity index (χ0) is 29.1. The molecule has 1 unspecified atom stereocenters. The number of carbonyl (C=O) groups is 1. The molecule has 2 heterocycles. The Kier molecular flexibility index (Phi) is 11.7. The number of hydrogen-bond acceptors (Lipinski definition) is 4. The third-order valence-electron chi connectivity index (χ3n) is 6.60. The van der Waals surface area contributed by atoms with E-state index in [1.54, 1.807) is 43.6 Å². The summed E-state index contributed by atoms with van der Waals surface area (Å²) in [6, 6.07) is 8.84. The standard InChI is InChI=1S/C29H25F6N3O2.2ClH/c1-19-6-7-21(13-26(19)39)12-25-18-37(9-3-5-20-4-2-8-36-17-20)10-11-38(25)27(40)22-14-23(28(30,31)32)16-24(15-22)29(33,34)35;;/h2,4,6-8,13-17,25,39H,9-12,18H2,1H3;2*1H. The minimum absolute atomic E-state index is 0. The van der Waals surface area contributed by atoms with Gasteiger partial charge in [0, 0.05) is 49.2 Å². The fraction of sp³-hybridized carbons (Fsp3) is 0.310. The molecule has 4 rings (SSSR count). The van der Waals surface area contributed by atoms with Crippen molar-refractivity contribution in [3.8, 4) is 17.6 Å². The summed E-state index contributed by atoms with van der Waals surface area (Å²) in [6.07, 6.45) is -6.68. The number of halogens is 8. The van der Waals surface area contributed by atoms with E-state index in [0.717, 1.165) is 0 Å². The van der Waals surface area contributed by atoms with Crippen molar-refractivity contribution < 1.29 is 36.2 Å². The molecule has 1 atom stereocenters. The Balaban J connectivity index is 0.00000308. The molecule has 1 fully saturated rings. The molecule has 0 bridgehead atoms. The summed E-state index contributed by atoms with van der Waals surface area (Å²) in [5.74, 6) is 5.14. The first kappa shape index (κ1) is 34.7. The molecule has 3 aromatic rings. The van der Waals surface area contributed by atoms with Crippen molar-refractivity contribution in [2.24, 2.45) is 0 Å². The molecule has 1 aromatic heterocycles. The second-order valence-electron chi connectivity index (χ2n) is 9.55. The van der Waals surface area contributed by atoms with E-state index in [1.165, 1.54) is 11.0 Å². The number of alkyl halides is 6. The minimum atomic E-state index is -5.07. The van der Waals surface area contributed by atoms with Crippen LogP contribution >= 0.6 is 24.8 Å². The first-order valence-corrected chi connectivity index (χ1v) is 12.3. The maximum absolute atomic E-state index is 13.5. The smallest absolute Gasteiger partial charge is 0.416 e. The second-order valence-corrected chi connectivity index (χ2v) is 9.55. The number of rotatable bonds is 4. The van der Waals surface area contributed by atoms with Gasteiger partial charge in [0.15, 0.2) is 0 Å². The molecule has 1 aliphatic rings. The number of phenolic OH excluding ortho intramolecular Hbond substituents is 1. The quantitative estimate of drug-likeness (QED) is 0.267. The van der Waals surface area contributed by atoms with Gasteiger partial charge in [-0.3, -0.25) is 14.7 Å². The van der Waals surface area contributed by atoms with Crippen LogP contribution in [0.2, 0.25) is 0 Å². The lowest BCUT2D eigenvalue weighted by Gasteiger charge is -2.41. The average Bonchev–Trinajstić information content (AvgIpc) is 2.90. The maximum Gasteiger partial charge on any atom is 0.416 e. The van der Waals surface area contributed by atoms with Gasteiger partial charge in [0.05, 0.1) is 17.7 Å². The molecule has 1 amide bonds. The van der Waals surface area contributed by atoms with E-state index in [2.05, 4.69) is 16.8 Å². The van der Waals surface area contributed by atoms with E-state index < -0.39 is 41.0 Å². The van der Waals surface area contributed by atoms with E-state index in [4.69, 9.17) is 0 Å². The molecule has 0 radical (unpaired) electrons. The predicted octanol–water partition coefficient (Wildman–Crippen LogP) is 6.40. The summed E-state index contributed by atoms with van der Waals surface area (Å²) >= 11 is 0. The van der Waals surface area contributed by atoms with Gasteiger partial charge in [-0.2, -0.15) is 26.3 Å². The Hall–Kier alpha value is -3.46. The molecule has 42 heavy (non-hydrogen) atoms. The highest BCUT2D eigenvalue weighted by Crippen LogP contribution is 2.37. The van der Waals surface area contributed by atoms with E-state index in [1.807, 2.05) is 4.90 Å². The molecule has 13 heteroatoms. The number of aryl methyl sites for hydroxylation is 1. The fourth-order valence-electron chi connectivity index (χ4n) is 4.49. The van der Waals surface area contributed by atoms with Crippen molar-refractivity contribution in [1.29, 1.82) is 0 Å². The number of carbonyl (C=O) groups excluding carboxylic acids is 1. The van der Waals surface area contributed by atoms with Gasteiger partial charge in [-0.05, 0) is 60.9 Å². The summed E-state index contributed by atoms with van der Waals surface area (Å²) in [6.45, 7) is 2.69. The van der Waals surface area contributed by atoms with E-state index >= 15 is 0 Å². The molecule has 0 spiro atoms. The summed E-state index contributed by atoms with van der Waals surface area (Å²) in [7, 11) is 0. The lowest BCUT2D eigenvalue weighted by Crippen LogP contribution is -2.56. The van der Waals surface area contributed by atoms with Gasteiger partial charge in [-0.1, -0.05) is 24.0 Å². The number of pyridine rings is 1. The number of phenols is 1. The molecule has 2 aromatic carbocycles. The second kappa shape index (κ2) is 14.1. The lowest BCUT2D eigenvalue weighted by molar-refractivity contribution is -0.143. The van der Waals surface area contributed by atoms with Crippen LogP contribution in [0.25, 0.3) is 0 Å². The summed E-state index contributed by atoms with van der Waals surface area (Å²) in [4.78, 5) is 20.7. The first-order valence-electron chi connectivity index (χ1n) is 12.3. The highest BCUT2D eigenvalue weighted by atomic mass is 35.5. The third-order valence-corrected chi connectivity index (χ3v) is 6.60. The maximum atomic E-state index is 13.5. The van der Waals surface area contributed by atoms with Crippen LogP contribution in [0.4, 0.5) is 26.3 Å². The molecule has 1 N–H and O–H groups in total. The normalized spacial score (nSPS) is 15.6. The first-order chi connectivity index (χ1) is 18.8. The zero-order valence-electron chi connectivity index (χ0n) is 22.2. The summed E-state index contributed by atoms with van der Waals surface area (Å²) < 4.78 is 80.6. The number of amides is 1. The van der Waals surface area contributed by atoms with Crippen LogP contribution in [-0.4, -0.2) is 58.0 Å². The van der Waals surface area contributed by atoms with Crippen molar-refractivity contribution in [1.82, 2.24) is 14.8 Å². The van der Waals surface area contributed by atoms with Crippen LogP contribution in [0, 0.1) is 18.8 Å². The number of hydrogen-bond donors (Lipinski definition) is 1.